The summed E-state index contributed by atoms with van der Waals surface area (Å²) in [7, 11) is 1.78. The number of ether oxygens (including phenoxy) is 1. The van der Waals surface area contributed by atoms with Crippen LogP contribution in [0.2, 0.25) is 0 Å². The summed E-state index contributed by atoms with van der Waals surface area (Å²) in [5, 5.41) is 0. The molecule has 0 unspecified atom stereocenters. The topological polar surface area (TPSA) is 37.9 Å². The zero-order valence-electron chi connectivity index (χ0n) is 12.6. The van der Waals surface area contributed by atoms with Gasteiger partial charge in [0.2, 0.25) is 0 Å². The molecule has 19 heavy (non-hydrogen) atoms. The molecule has 0 bridgehead atoms. The summed E-state index contributed by atoms with van der Waals surface area (Å²) in [6.07, 6.45) is 4.29. The first-order valence-electron chi connectivity index (χ1n) is 6.93. The summed E-state index contributed by atoms with van der Waals surface area (Å²) in [4.78, 5) is 7.98. The number of hydrogen-bond acceptors (Lipinski definition) is 3. The first kappa shape index (κ1) is 14.7. The number of aromatic nitrogens is 2. The molecule has 1 N–H and O–H groups in total. The first-order chi connectivity index (χ1) is 8.80. The van der Waals surface area contributed by atoms with Crippen LogP contribution in [0.3, 0.4) is 0 Å². The number of aromatic amines is 1. The second-order valence-electron chi connectivity index (χ2n) is 6.50. The van der Waals surface area contributed by atoms with E-state index in [2.05, 4.69) is 23.8 Å². The third-order valence-electron chi connectivity index (χ3n) is 4.64. The minimum absolute atomic E-state index is 0.290. The second kappa shape index (κ2) is 4.98. The molecule has 4 heteroatoms. The van der Waals surface area contributed by atoms with Gasteiger partial charge < -0.3 is 9.72 Å². The van der Waals surface area contributed by atoms with Crippen LogP contribution in [0.1, 0.15) is 56.6 Å². The van der Waals surface area contributed by atoms with E-state index in [9.17, 15) is 0 Å². The van der Waals surface area contributed by atoms with Crippen molar-refractivity contribution in [2.24, 2.45) is 5.41 Å². The van der Waals surface area contributed by atoms with Crippen molar-refractivity contribution in [1.29, 1.82) is 0 Å². The lowest BCUT2D eigenvalue weighted by Crippen LogP contribution is -2.38. The molecule has 0 spiro atoms. The van der Waals surface area contributed by atoms with E-state index in [0.717, 1.165) is 42.8 Å². The Bertz CT molecular complexity index is 523. The van der Waals surface area contributed by atoms with E-state index in [1.165, 1.54) is 0 Å². The molecule has 1 saturated carbocycles. The Morgan fingerprint density at radius 3 is 2.21 bits per heavy atom. The molecule has 1 aromatic rings. The summed E-state index contributed by atoms with van der Waals surface area (Å²) in [5.74, 6) is 0.901. The van der Waals surface area contributed by atoms with Crippen molar-refractivity contribution in [2.45, 2.75) is 59.0 Å². The molecule has 0 aliphatic heterocycles. The lowest BCUT2D eigenvalue weighted by molar-refractivity contribution is -0.0731. The summed E-state index contributed by atoms with van der Waals surface area (Å²) in [6.45, 7) is 8.70. The minimum atomic E-state index is -0.290. The maximum atomic E-state index is 5.87. The molecular formula is C15H24N2OS. The van der Waals surface area contributed by atoms with E-state index in [-0.39, 0.29) is 5.60 Å². The average Bonchev–Trinajstić information content (AvgIpc) is 2.36. The third kappa shape index (κ3) is 2.75. The predicted octanol–water partition coefficient (Wildman–Crippen LogP) is 4.20. The van der Waals surface area contributed by atoms with Crippen LogP contribution >= 0.6 is 12.2 Å². The molecular weight excluding hydrogens is 256 g/mol. The van der Waals surface area contributed by atoms with Gasteiger partial charge in [-0.05, 0) is 44.9 Å². The first-order valence-corrected chi connectivity index (χ1v) is 7.34. The van der Waals surface area contributed by atoms with Crippen molar-refractivity contribution in [3.63, 3.8) is 0 Å². The standard InChI is InChI=1S/C15H24N2OS/c1-10-11(2)16-13(17-12(10)19)15(18-5)8-6-14(3,4)7-9-15/h6-9H2,1-5H3,(H,16,17,19). The Hall–Kier alpha value is -0.740. The van der Waals surface area contributed by atoms with Crippen molar-refractivity contribution >= 4 is 12.2 Å². The van der Waals surface area contributed by atoms with E-state index in [0.29, 0.717) is 10.1 Å². The zero-order valence-corrected chi connectivity index (χ0v) is 13.4. The Labute approximate surface area is 120 Å². The highest BCUT2D eigenvalue weighted by Gasteiger charge is 2.41. The quantitative estimate of drug-likeness (QED) is 0.825. The maximum absolute atomic E-state index is 5.87. The largest absolute Gasteiger partial charge is 0.370 e. The fraction of sp³-hybridized carbons (Fsp3) is 0.733. The fourth-order valence-electron chi connectivity index (χ4n) is 2.73. The molecule has 1 heterocycles. The maximum Gasteiger partial charge on any atom is 0.140 e. The Kier molecular flexibility index (Phi) is 3.85. The van der Waals surface area contributed by atoms with Gasteiger partial charge in [-0.15, -0.1) is 0 Å². The SMILES string of the molecule is COC1(c2nc(=S)c(C)c(C)[nH]2)CCC(C)(C)CC1. The van der Waals surface area contributed by atoms with Gasteiger partial charge in [-0.3, -0.25) is 0 Å². The molecule has 0 aromatic carbocycles. The normalized spacial score (nSPS) is 21.3. The van der Waals surface area contributed by atoms with Crippen LogP contribution in [-0.2, 0) is 10.3 Å². The number of nitrogens with zero attached hydrogens (tertiary/aromatic N) is 1. The van der Waals surface area contributed by atoms with Gasteiger partial charge >= 0.3 is 0 Å². The van der Waals surface area contributed by atoms with Crippen molar-refractivity contribution in [1.82, 2.24) is 9.97 Å². The van der Waals surface area contributed by atoms with Gasteiger partial charge in [0, 0.05) is 18.4 Å². The van der Waals surface area contributed by atoms with E-state index in [1.807, 2.05) is 13.8 Å². The molecule has 106 valence electrons. The Balaban J connectivity index is 2.41. The smallest absolute Gasteiger partial charge is 0.140 e. The van der Waals surface area contributed by atoms with Crippen LogP contribution in [0.15, 0.2) is 0 Å². The third-order valence-corrected chi connectivity index (χ3v) is 5.03. The van der Waals surface area contributed by atoms with Crippen molar-refractivity contribution in [3.05, 3.63) is 21.7 Å². The van der Waals surface area contributed by atoms with Crippen LogP contribution in [-0.4, -0.2) is 17.1 Å². The number of rotatable bonds is 2. The highest BCUT2D eigenvalue weighted by Crippen LogP contribution is 2.46. The van der Waals surface area contributed by atoms with Gasteiger partial charge in [0.05, 0.1) is 0 Å². The van der Waals surface area contributed by atoms with Gasteiger partial charge in [-0.25, -0.2) is 4.98 Å². The molecule has 1 aromatic heterocycles. The highest BCUT2D eigenvalue weighted by atomic mass is 32.1. The molecule has 0 amide bonds. The molecule has 0 radical (unpaired) electrons. The van der Waals surface area contributed by atoms with Gasteiger partial charge in [0.25, 0.3) is 0 Å². The van der Waals surface area contributed by atoms with E-state index in [4.69, 9.17) is 17.0 Å². The van der Waals surface area contributed by atoms with E-state index < -0.39 is 0 Å². The van der Waals surface area contributed by atoms with Crippen LogP contribution in [0.5, 0.6) is 0 Å². The van der Waals surface area contributed by atoms with Crippen molar-refractivity contribution in [3.8, 4) is 0 Å². The summed E-state index contributed by atoms with van der Waals surface area (Å²) in [6, 6.07) is 0. The lowest BCUT2D eigenvalue weighted by Gasteiger charge is -2.42. The van der Waals surface area contributed by atoms with E-state index >= 15 is 0 Å². The van der Waals surface area contributed by atoms with E-state index in [1.54, 1.807) is 7.11 Å². The number of aryl methyl sites for hydroxylation is 1. The second-order valence-corrected chi connectivity index (χ2v) is 6.89. The number of nitrogens with one attached hydrogen (secondary N) is 1. The molecule has 1 aliphatic carbocycles. The Morgan fingerprint density at radius 1 is 1.16 bits per heavy atom. The molecule has 2 rings (SSSR count). The number of methoxy groups -OCH3 is 1. The summed E-state index contributed by atoms with van der Waals surface area (Å²) < 4.78 is 6.56. The van der Waals surface area contributed by atoms with Crippen molar-refractivity contribution in [2.75, 3.05) is 7.11 Å². The molecule has 0 atom stereocenters. The van der Waals surface area contributed by atoms with Crippen LogP contribution in [0.25, 0.3) is 0 Å². The van der Waals surface area contributed by atoms with Crippen LogP contribution in [0, 0.1) is 23.9 Å². The minimum Gasteiger partial charge on any atom is -0.370 e. The number of H-pyrrole nitrogens is 1. The molecule has 1 aliphatic rings. The van der Waals surface area contributed by atoms with Gasteiger partial charge in [0.1, 0.15) is 16.1 Å². The van der Waals surface area contributed by atoms with Crippen molar-refractivity contribution < 1.29 is 4.74 Å². The molecule has 3 nitrogen and oxygen atoms in total. The zero-order chi connectivity index (χ0) is 14.3. The van der Waals surface area contributed by atoms with Gasteiger partial charge in [0.15, 0.2) is 0 Å². The highest BCUT2D eigenvalue weighted by molar-refractivity contribution is 7.71. The Morgan fingerprint density at radius 2 is 1.74 bits per heavy atom. The fourth-order valence-corrected chi connectivity index (χ4v) is 2.97. The van der Waals surface area contributed by atoms with Gasteiger partial charge in [-0.2, -0.15) is 0 Å². The predicted molar refractivity (Wildman–Crippen MR) is 79.8 cm³/mol. The molecule has 0 saturated heterocycles. The monoisotopic (exact) mass is 280 g/mol. The van der Waals surface area contributed by atoms with Gasteiger partial charge in [-0.1, -0.05) is 26.1 Å². The molecule has 1 fully saturated rings. The summed E-state index contributed by atoms with van der Waals surface area (Å²) >= 11 is 5.35. The van der Waals surface area contributed by atoms with Crippen LogP contribution in [0.4, 0.5) is 0 Å². The number of hydrogen-bond donors (Lipinski definition) is 1. The lowest BCUT2D eigenvalue weighted by atomic mass is 9.70. The average molecular weight is 280 g/mol. The summed E-state index contributed by atoms with van der Waals surface area (Å²) in [5.41, 5.74) is 2.26. The van der Waals surface area contributed by atoms with Crippen LogP contribution < -0.4 is 0 Å².